The summed E-state index contributed by atoms with van der Waals surface area (Å²) in [4.78, 5) is 34.6. The first-order chi connectivity index (χ1) is 11.6. The van der Waals surface area contributed by atoms with Gasteiger partial charge in [-0.2, -0.15) is 0 Å². The fourth-order valence-corrected chi connectivity index (χ4v) is 2.65. The number of nitrogens with zero attached hydrogens (tertiary/aromatic N) is 1. The maximum absolute atomic E-state index is 12.8. The Morgan fingerprint density at radius 1 is 1.25 bits per heavy atom. The molecule has 3 rings (SSSR count). The topological polar surface area (TPSA) is 77.5 Å². The molecular weight excluding hydrogens is 308 g/mol. The zero-order valence-electron chi connectivity index (χ0n) is 13.5. The summed E-state index contributed by atoms with van der Waals surface area (Å²) in [5, 5.41) is 1.67. The van der Waals surface area contributed by atoms with E-state index in [-0.39, 0.29) is 18.1 Å². The summed E-state index contributed by atoms with van der Waals surface area (Å²) in [7, 11) is 0. The number of ether oxygens (including phenoxy) is 1. The van der Waals surface area contributed by atoms with E-state index in [0.29, 0.717) is 12.1 Å². The van der Waals surface area contributed by atoms with Gasteiger partial charge in [-0.25, -0.2) is 4.79 Å². The molecule has 0 spiro atoms. The van der Waals surface area contributed by atoms with E-state index < -0.39 is 11.6 Å². The minimum Gasteiger partial charge on any atom is -0.464 e. The van der Waals surface area contributed by atoms with E-state index in [1.807, 2.05) is 30.3 Å². The van der Waals surface area contributed by atoms with Crippen molar-refractivity contribution in [1.82, 2.24) is 10.5 Å². The second-order valence-electron chi connectivity index (χ2n) is 5.44. The van der Waals surface area contributed by atoms with Crippen molar-refractivity contribution in [3.63, 3.8) is 0 Å². The van der Waals surface area contributed by atoms with Gasteiger partial charge in [0.25, 0.3) is 0 Å². The predicted molar refractivity (Wildman–Crippen MR) is 88.0 cm³/mol. The summed E-state index contributed by atoms with van der Waals surface area (Å²) in [5.74, 6) is -0.847. The number of nitrogens with one attached hydrogen (secondary N) is 1. The van der Waals surface area contributed by atoms with Crippen LogP contribution in [-0.4, -0.2) is 28.9 Å². The number of ketones is 1. The van der Waals surface area contributed by atoms with Gasteiger partial charge >= 0.3 is 5.97 Å². The van der Waals surface area contributed by atoms with Crippen molar-refractivity contribution in [1.29, 1.82) is 0 Å². The number of hydrogen-bond donors (Lipinski definition) is 1. The highest BCUT2D eigenvalue weighted by molar-refractivity contribution is 6.15. The van der Waals surface area contributed by atoms with E-state index in [9.17, 15) is 9.59 Å². The lowest BCUT2D eigenvalue weighted by atomic mass is 9.98. The van der Waals surface area contributed by atoms with Crippen LogP contribution in [0.15, 0.2) is 48.3 Å². The molecule has 0 radical (unpaired) electrons. The molecule has 1 atom stereocenters. The molecule has 6 heteroatoms. The standard InChI is InChI=1S/C18H18N2O4/c1-3-18(17(22)23-4-2)11-14(20-24-18)16(21)15-13-8-6-5-7-12(13)9-10-19-15/h5-11,20H,3-4H2,1-2H3. The van der Waals surface area contributed by atoms with Gasteiger partial charge < -0.3 is 4.74 Å². The third-order valence-corrected chi connectivity index (χ3v) is 4.00. The van der Waals surface area contributed by atoms with Gasteiger partial charge in [-0.1, -0.05) is 31.2 Å². The second-order valence-corrected chi connectivity index (χ2v) is 5.44. The number of esters is 1. The van der Waals surface area contributed by atoms with Crippen molar-refractivity contribution < 1.29 is 19.2 Å². The molecule has 124 valence electrons. The van der Waals surface area contributed by atoms with Gasteiger partial charge in [0.2, 0.25) is 11.4 Å². The van der Waals surface area contributed by atoms with Crippen molar-refractivity contribution in [3.8, 4) is 0 Å². The molecule has 1 N–H and O–H groups in total. The zero-order valence-corrected chi connectivity index (χ0v) is 13.5. The van der Waals surface area contributed by atoms with Crippen LogP contribution in [0, 0.1) is 0 Å². The molecule has 1 aliphatic rings. The number of carbonyl (C=O) groups excluding carboxylic acids is 2. The summed E-state index contributed by atoms with van der Waals surface area (Å²) in [6.45, 7) is 3.75. The number of hydroxylamine groups is 1. The van der Waals surface area contributed by atoms with Crippen LogP contribution in [0.1, 0.15) is 30.8 Å². The molecule has 0 saturated carbocycles. The summed E-state index contributed by atoms with van der Waals surface area (Å²) < 4.78 is 5.05. The number of rotatable bonds is 5. The highest BCUT2D eigenvalue weighted by Gasteiger charge is 2.44. The second kappa shape index (κ2) is 6.41. The highest BCUT2D eigenvalue weighted by atomic mass is 16.7. The van der Waals surface area contributed by atoms with Crippen molar-refractivity contribution in [3.05, 3.63) is 54.0 Å². The van der Waals surface area contributed by atoms with Gasteiger partial charge in [-0.15, -0.1) is 0 Å². The minimum atomic E-state index is -1.29. The van der Waals surface area contributed by atoms with E-state index in [1.165, 1.54) is 6.08 Å². The van der Waals surface area contributed by atoms with Gasteiger partial charge in [0.1, 0.15) is 11.4 Å². The fourth-order valence-electron chi connectivity index (χ4n) is 2.65. The Balaban J connectivity index is 1.98. The highest BCUT2D eigenvalue weighted by Crippen LogP contribution is 2.28. The van der Waals surface area contributed by atoms with Crippen LogP contribution in [0.4, 0.5) is 0 Å². The molecule has 1 unspecified atom stereocenters. The lowest BCUT2D eigenvalue weighted by molar-refractivity contribution is -0.169. The average Bonchev–Trinajstić information content (AvgIpc) is 3.07. The Hall–Kier alpha value is -2.73. The maximum atomic E-state index is 12.8. The molecule has 24 heavy (non-hydrogen) atoms. The number of allylic oxidation sites excluding steroid dienone is 1. The summed E-state index contributed by atoms with van der Waals surface area (Å²) >= 11 is 0. The monoisotopic (exact) mass is 326 g/mol. The van der Waals surface area contributed by atoms with Crippen LogP contribution in [0.25, 0.3) is 10.8 Å². The molecule has 1 aromatic carbocycles. The number of benzene rings is 1. The molecule has 0 bridgehead atoms. The molecule has 0 fully saturated rings. The number of fused-ring (bicyclic) bond motifs is 1. The predicted octanol–water partition coefficient (Wildman–Crippen LogP) is 2.55. The first kappa shape index (κ1) is 16.1. The Morgan fingerprint density at radius 3 is 2.79 bits per heavy atom. The van der Waals surface area contributed by atoms with Crippen LogP contribution in [0.2, 0.25) is 0 Å². The van der Waals surface area contributed by atoms with Crippen LogP contribution in [0.5, 0.6) is 0 Å². The molecule has 1 aromatic heterocycles. The molecule has 0 aliphatic carbocycles. The summed E-state index contributed by atoms with van der Waals surface area (Å²) in [5.41, 5.74) is 1.79. The van der Waals surface area contributed by atoms with E-state index in [0.717, 1.165) is 10.8 Å². The quantitative estimate of drug-likeness (QED) is 0.672. The molecule has 6 nitrogen and oxygen atoms in total. The largest absolute Gasteiger partial charge is 0.464 e. The molecular formula is C18H18N2O4. The molecule has 2 aromatic rings. The first-order valence-corrected chi connectivity index (χ1v) is 7.84. The van der Waals surface area contributed by atoms with Crippen molar-refractivity contribution in [2.24, 2.45) is 0 Å². The first-order valence-electron chi connectivity index (χ1n) is 7.84. The molecule has 2 heterocycles. The molecule has 1 aliphatic heterocycles. The third kappa shape index (κ3) is 2.65. The number of Topliss-reactive ketones (excluding diaryl/α,β-unsaturated/α-hetero) is 1. The van der Waals surface area contributed by atoms with Gasteiger partial charge in [0, 0.05) is 11.6 Å². The zero-order chi connectivity index (χ0) is 17.2. The molecule has 0 saturated heterocycles. The Bertz CT molecular complexity index is 825. The van der Waals surface area contributed by atoms with Crippen LogP contribution in [0.3, 0.4) is 0 Å². The smallest absolute Gasteiger partial charge is 0.345 e. The lowest BCUT2D eigenvalue weighted by Crippen LogP contribution is -2.39. The van der Waals surface area contributed by atoms with Gasteiger partial charge in [-0.05, 0) is 30.9 Å². The van der Waals surface area contributed by atoms with Crippen molar-refractivity contribution >= 4 is 22.5 Å². The van der Waals surface area contributed by atoms with Gasteiger partial charge in [0.05, 0.1) is 6.61 Å². The third-order valence-electron chi connectivity index (χ3n) is 4.00. The number of carbonyl (C=O) groups is 2. The van der Waals surface area contributed by atoms with Crippen LogP contribution in [-0.2, 0) is 14.4 Å². The number of hydrogen-bond acceptors (Lipinski definition) is 6. The Kier molecular flexibility index (Phi) is 4.31. The number of pyridine rings is 1. The SMILES string of the molecule is CCOC(=O)C1(CC)C=C(C(=O)c2nccc3ccccc23)NO1. The van der Waals surface area contributed by atoms with E-state index in [2.05, 4.69) is 10.5 Å². The summed E-state index contributed by atoms with van der Waals surface area (Å²) in [6, 6.07) is 9.34. The van der Waals surface area contributed by atoms with E-state index in [4.69, 9.17) is 9.57 Å². The summed E-state index contributed by atoms with van der Waals surface area (Å²) in [6.07, 6.45) is 3.42. The fraction of sp³-hybridized carbons (Fsp3) is 0.278. The Labute approximate surface area is 139 Å². The Morgan fingerprint density at radius 2 is 2.04 bits per heavy atom. The van der Waals surface area contributed by atoms with Gasteiger partial charge in [-0.3, -0.25) is 20.1 Å². The van der Waals surface area contributed by atoms with E-state index >= 15 is 0 Å². The average molecular weight is 326 g/mol. The minimum absolute atomic E-state index is 0.189. The van der Waals surface area contributed by atoms with Crippen LogP contribution >= 0.6 is 0 Å². The van der Waals surface area contributed by atoms with Gasteiger partial charge in [0.15, 0.2) is 0 Å². The normalized spacial score (nSPS) is 19.7. The van der Waals surface area contributed by atoms with Crippen LogP contribution < -0.4 is 5.48 Å². The number of aromatic nitrogens is 1. The van der Waals surface area contributed by atoms with Crippen molar-refractivity contribution in [2.75, 3.05) is 6.61 Å². The molecule has 0 amide bonds. The van der Waals surface area contributed by atoms with E-state index in [1.54, 1.807) is 20.0 Å². The maximum Gasteiger partial charge on any atom is 0.345 e. The lowest BCUT2D eigenvalue weighted by Gasteiger charge is -2.20. The van der Waals surface area contributed by atoms with Crippen molar-refractivity contribution in [2.45, 2.75) is 25.9 Å².